The van der Waals surface area contributed by atoms with Crippen molar-refractivity contribution in [3.8, 4) is 5.75 Å². The normalized spacial score (nSPS) is 11.4. The first-order valence-electron chi connectivity index (χ1n) is 8.39. The summed E-state index contributed by atoms with van der Waals surface area (Å²) in [6.45, 7) is 4.62. The second kappa shape index (κ2) is 9.50. The Morgan fingerprint density at radius 1 is 1.00 bits per heavy atom. The molecule has 146 valence electrons. The first-order valence-corrected chi connectivity index (χ1v) is 9.93. The van der Waals surface area contributed by atoms with Crippen molar-refractivity contribution in [2.75, 3.05) is 13.2 Å². The van der Waals surface area contributed by atoms with E-state index in [1.54, 1.807) is 12.1 Å². The van der Waals surface area contributed by atoms with Crippen LogP contribution in [-0.4, -0.2) is 33.7 Å². The Hall–Kier alpha value is -2.42. The maximum atomic E-state index is 12.0. The van der Waals surface area contributed by atoms with E-state index in [-0.39, 0.29) is 24.2 Å². The van der Waals surface area contributed by atoms with E-state index in [1.807, 2.05) is 26.0 Å². The van der Waals surface area contributed by atoms with Crippen LogP contribution < -0.4 is 9.88 Å². The Kier molecular flexibility index (Phi) is 7.35. The fourth-order valence-electron chi connectivity index (χ4n) is 2.10. The zero-order chi connectivity index (χ0) is 19.9. The number of hydrogen-bond donors (Lipinski definition) is 1. The van der Waals surface area contributed by atoms with Gasteiger partial charge in [0.05, 0.1) is 23.2 Å². The third-order valence-electron chi connectivity index (χ3n) is 3.51. The van der Waals surface area contributed by atoms with Gasteiger partial charge in [-0.25, -0.2) is 18.4 Å². The van der Waals surface area contributed by atoms with Crippen molar-refractivity contribution in [2.24, 2.45) is 5.14 Å². The third-order valence-corrected chi connectivity index (χ3v) is 4.44. The van der Waals surface area contributed by atoms with Gasteiger partial charge in [0.1, 0.15) is 19.0 Å². The van der Waals surface area contributed by atoms with Crippen molar-refractivity contribution < 1.29 is 27.4 Å². The molecule has 2 N–H and O–H groups in total. The van der Waals surface area contributed by atoms with Gasteiger partial charge in [-0.1, -0.05) is 12.1 Å². The predicted molar refractivity (Wildman–Crippen MR) is 100.0 cm³/mol. The fourth-order valence-corrected chi connectivity index (χ4v) is 2.62. The molecule has 27 heavy (non-hydrogen) atoms. The molecule has 0 spiro atoms. The smallest absolute Gasteiger partial charge is 0.338 e. The van der Waals surface area contributed by atoms with Crippen LogP contribution in [0.3, 0.4) is 0 Å². The summed E-state index contributed by atoms with van der Waals surface area (Å²) in [4.78, 5) is 12.0. The minimum Gasteiger partial charge on any atom is -0.490 e. The van der Waals surface area contributed by atoms with Crippen LogP contribution in [0.1, 0.15) is 29.8 Å². The summed E-state index contributed by atoms with van der Waals surface area (Å²) in [7, 11) is -3.73. The zero-order valence-corrected chi connectivity index (χ0v) is 16.1. The molecule has 0 unspecified atom stereocenters. The van der Waals surface area contributed by atoms with Gasteiger partial charge in [0, 0.05) is 0 Å². The van der Waals surface area contributed by atoms with Crippen LogP contribution in [0.2, 0.25) is 0 Å². The van der Waals surface area contributed by atoms with Gasteiger partial charge in [-0.2, -0.15) is 0 Å². The molecular formula is C19H23NO6S. The van der Waals surface area contributed by atoms with E-state index in [1.165, 1.54) is 24.3 Å². The quantitative estimate of drug-likeness (QED) is 0.518. The first kappa shape index (κ1) is 20.9. The average molecular weight is 393 g/mol. The number of nitrogens with two attached hydrogens (primary N) is 1. The molecule has 0 aliphatic rings. The van der Waals surface area contributed by atoms with Crippen LogP contribution in [0, 0.1) is 0 Å². The van der Waals surface area contributed by atoms with Gasteiger partial charge in [0.25, 0.3) is 0 Å². The highest BCUT2D eigenvalue weighted by molar-refractivity contribution is 7.89. The number of sulfonamides is 1. The van der Waals surface area contributed by atoms with Crippen molar-refractivity contribution in [1.29, 1.82) is 0 Å². The van der Waals surface area contributed by atoms with Crippen molar-refractivity contribution in [1.82, 2.24) is 0 Å². The molecular weight excluding hydrogens is 370 g/mol. The Bertz CT molecular complexity index is 845. The van der Waals surface area contributed by atoms with Crippen LogP contribution in [0.25, 0.3) is 0 Å². The molecule has 0 bridgehead atoms. The Labute approximate surface area is 159 Å². The van der Waals surface area contributed by atoms with E-state index < -0.39 is 16.0 Å². The number of primary sulfonamides is 1. The largest absolute Gasteiger partial charge is 0.490 e. The molecule has 8 heteroatoms. The molecule has 0 atom stereocenters. The molecule has 7 nitrogen and oxygen atoms in total. The third kappa shape index (κ3) is 7.01. The molecule has 0 aromatic heterocycles. The number of benzene rings is 2. The Morgan fingerprint density at radius 2 is 1.63 bits per heavy atom. The highest BCUT2D eigenvalue weighted by Gasteiger charge is 2.09. The number of ether oxygens (including phenoxy) is 3. The van der Waals surface area contributed by atoms with E-state index in [0.29, 0.717) is 17.9 Å². The lowest BCUT2D eigenvalue weighted by molar-refractivity contribution is 0.0449. The second-order valence-electron chi connectivity index (χ2n) is 6.06. The summed E-state index contributed by atoms with van der Waals surface area (Å²) < 4.78 is 38.4. The monoisotopic (exact) mass is 393 g/mol. The highest BCUT2D eigenvalue weighted by atomic mass is 32.2. The Morgan fingerprint density at radius 3 is 2.19 bits per heavy atom. The van der Waals surface area contributed by atoms with Crippen molar-refractivity contribution in [2.45, 2.75) is 31.5 Å². The molecule has 0 saturated carbocycles. The molecule has 0 amide bonds. The van der Waals surface area contributed by atoms with Gasteiger partial charge < -0.3 is 14.2 Å². The molecule has 0 fully saturated rings. The van der Waals surface area contributed by atoms with Gasteiger partial charge >= 0.3 is 5.97 Å². The van der Waals surface area contributed by atoms with Gasteiger partial charge in [-0.15, -0.1) is 0 Å². The fraction of sp³-hybridized carbons (Fsp3) is 0.316. The average Bonchev–Trinajstić information content (AvgIpc) is 2.63. The predicted octanol–water partition coefficient (Wildman–Crippen LogP) is 2.49. The number of hydrogen-bond acceptors (Lipinski definition) is 6. The lowest BCUT2D eigenvalue weighted by Gasteiger charge is -2.09. The summed E-state index contributed by atoms with van der Waals surface area (Å²) in [5.41, 5.74) is 1.42. The van der Waals surface area contributed by atoms with Crippen molar-refractivity contribution >= 4 is 16.0 Å². The summed E-state index contributed by atoms with van der Waals surface area (Å²) in [5.74, 6) is 0.00690. The van der Waals surface area contributed by atoms with E-state index in [2.05, 4.69) is 0 Å². The van der Waals surface area contributed by atoms with E-state index >= 15 is 0 Å². The van der Waals surface area contributed by atoms with Crippen LogP contribution >= 0.6 is 0 Å². The van der Waals surface area contributed by atoms with E-state index in [4.69, 9.17) is 19.3 Å². The zero-order valence-electron chi connectivity index (χ0n) is 15.3. The van der Waals surface area contributed by atoms with Gasteiger partial charge in [0.15, 0.2) is 0 Å². The lowest BCUT2D eigenvalue weighted by Crippen LogP contribution is -2.13. The molecule has 0 radical (unpaired) electrons. The molecule has 0 aliphatic carbocycles. The Balaban J connectivity index is 1.75. The number of esters is 1. The summed E-state index contributed by atoms with van der Waals surface area (Å²) in [5, 5.41) is 5.02. The standard InChI is InChI=1S/C19H23NO6S/c1-14(2)26-13-15-3-5-16(6-4-15)19(21)25-12-11-24-17-7-9-18(10-8-17)27(20,22)23/h3-10,14H,11-13H2,1-2H3,(H2,20,22,23). The number of carbonyl (C=O) groups is 1. The SMILES string of the molecule is CC(C)OCc1ccc(C(=O)OCCOc2ccc(S(N)(=O)=O)cc2)cc1. The van der Waals surface area contributed by atoms with Crippen molar-refractivity contribution in [3.63, 3.8) is 0 Å². The van der Waals surface area contributed by atoms with Crippen molar-refractivity contribution in [3.05, 3.63) is 59.7 Å². The molecule has 2 rings (SSSR count). The molecule has 2 aromatic carbocycles. The maximum absolute atomic E-state index is 12.0. The minimum absolute atomic E-state index is 0.00326. The lowest BCUT2D eigenvalue weighted by atomic mass is 10.1. The summed E-state index contributed by atoms with van der Waals surface area (Å²) in [6.07, 6.45) is 0.144. The number of rotatable bonds is 9. The van der Waals surface area contributed by atoms with Gasteiger partial charge in [0.2, 0.25) is 10.0 Å². The molecule has 0 aliphatic heterocycles. The molecule has 2 aromatic rings. The summed E-state index contributed by atoms with van der Waals surface area (Å²) in [6, 6.07) is 12.7. The van der Waals surface area contributed by atoms with Gasteiger partial charge in [-0.3, -0.25) is 0 Å². The number of carbonyl (C=O) groups excluding carboxylic acids is 1. The van der Waals surface area contributed by atoms with Gasteiger partial charge in [-0.05, 0) is 55.8 Å². The van der Waals surface area contributed by atoms with Crippen LogP contribution in [0.5, 0.6) is 5.75 Å². The topological polar surface area (TPSA) is 105 Å². The molecule has 0 heterocycles. The van der Waals surface area contributed by atoms with Crippen LogP contribution in [0.4, 0.5) is 0 Å². The van der Waals surface area contributed by atoms with Crippen LogP contribution in [-0.2, 0) is 26.1 Å². The van der Waals surface area contributed by atoms with E-state index in [0.717, 1.165) is 5.56 Å². The second-order valence-corrected chi connectivity index (χ2v) is 7.62. The highest BCUT2D eigenvalue weighted by Crippen LogP contribution is 2.15. The summed E-state index contributed by atoms with van der Waals surface area (Å²) >= 11 is 0. The molecule has 0 saturated heterocycles. The maximum Gasteiger partial charge on any atom is 0.338 e. The first-order chi connectivity index (χ1) is 12.8. The minimum atomic E-state index is -3.73. The van der Waals surface area contributed by atoms with E-state index in [9.17, 15) is 13.2 Å². The van der Waals surface area contributed by atoms with Crippen LogP contribution in [0.15, 0.2) is 53.4 Å².